The molecule has 0 saturated heterocycles. The van der Waals surface area contributed by atoms with E-state index in [9.17, 15) is 4.21 Å². The molecule has 84 valence electrons. The molecule has 4 heteroatoms. The molecular formula is C11H18N2OS. The van der Waals surface area contributed by atoms with Crippen molar-refractivity contribution in [1.82, 2.24) is 10.3 Å². The number of hydrogen-bond acceptors (Lipinski definition) is 3. The summed E-state index contributed by atoms with van der Waals surface area (Å²) in [6.07, 6.45) is 3.61. The fourth-order valence-corrected chi connectivity index (χ4v) is 1.49. The van der Waals surface area contributed by atoms with Gasteiger partial charge < -0.3 is 5.32 Å². The molecule has 2 atom stereocenters. The van der Waals surface area contributed by atoms with E-state index >= 15 is 0 Å². The predicted octanol–water partition coefficient (Wildman–Crippen LogP) is 1.25. The van der Waals surface area contributed by atoms with E-state index in [2.05, 4.69) is 16.4 Å². The highest BCUT2D eigenvalue weighted by Gasteiger charge is 2.04. The molecule has 0 spiro atoms. The molecule has 0 fully saturated rings. The second kappa shape index (κ2) is 5.98. The van der Waals surface area contributed by atoms with E-state index in [-0.39, 0.29) is 5.25 Å². The van der Waals surface area contributed by atoms with Crippen molar-refractivity contribution in [3.05, 3.63) is 29.6 Å². The third-order valence-electron chi connectivity index (χ3n) is 2.30. The van der Waals surface area contributed by atoms with Gasteiger partial charge in [0, 0.05) is 47.3 Å². The van der Waals surface area contributed by atoms with Crippen LogP contribution in [0, 0.1) is 6.92 Å². The van der Waals surface area contributed by atoms with E-state index in [1.54, 1.807) is 6.26 Å². The predicted molar refractivity (Wildman–Crippen MR) is 64.2 cm³/mol. The van der Waals surface area contributed by atoms with Crippen molar-refractivity contribution in [3.63, 3.8) is 0 Å². The summed E-state index contributed by atoms with van der Waals surface area (Å²) in [6.45, 7) is 5.52. The molecule has 1 aromatic heterocycles. The maximum absolute atomic E-state index is 11.1. The van der Waals surface area contributed by atoms with E-state index in [0.717, 1.165) is 24.3 Å². The molecule has 1 rings (SSSR count). The second-order valence-corrected chi connectivity index (χ2v) is 5.55. The Balaban J connectivity index is 2.32. The van der Waals surface area contributed by atoms with Gasteiger partial charge in [0.15, 0.2) is 0 Å². The fraction of sp³-hybridized carbons (Fsp3) is 0.545. The first-order valence-corrected chi connectivity index (χ1v) is 6.66. The molecule has 0 aliphatic heterocycles. The second-order valence-electron chi connectivity index (χ2n) is 3.75. The standard InChI is InChI=1S/C11H18N2OS/c1-9-4-5-11(8-13-9)7-12-6-10(2)15(3)14/h4-5,8,10,12H,6-7H2,1-3H3. The quantitative estimate of drug-likeness (QED) is 0.821. The molecule has 0 saturated carbocycles. The summed E-state index contributed by atoms with van der Waals surface area (Å²) in [5, 5.41) is 3.47. The summed E-state index contributed by atoms with van der Waals surface area (Å²) in [7, 11) is -0.750. The van der Waals surface area contributed by atoms with Gasteiger partial charge in [0.05, 0.1) is 0 Å². The van der Waals surface area contributed by atoms with Crippen LogP contribution in [0.2, 0.25) is 0 Å². The lowest BCUT2D eigenvalue weighted by Crippen LogP contribution is -2.27. The van der Waals surface area contributed by atoms with E-state index in [4.69, 9.17) is 0 Å². The molecule has 0 aliphatic rings. The summed E-state index contributed by atoms with van der Waals surface area (Å²) >= 11 is 0. The Morgan fingerprint density at radius 3 is 2.80 bits per heavy atom. The Kier molecular flexibility index (Phi) is 4.91. The Bertz CT molecular complexity index is 324. The Morgan fingerprint density at radius 1 is 1.53 bits per heavy atom. The topological polar surface area (TPSA) is 42.0 Å². The zero-order valence-electron chi connectivity index (χ0n) is 9.49. The first-order valence-electron chi connectivity index (χ1n) is 5.04. The number of aryl methyl sites for hydroxylation is 1. The van der Waals surface area contributed by atoms with Crippen LogP contribution >= 0.6 is 0 Å². The molecule has 1 heterocycles. The summed E-state index contributed by atoms with van der Waals surface area (Å²) in [5.74, 6) is 0. The van der Waals surface area contributed by atoms with Gasteiger partial charge >= 0.3 is 0 Å². The van der Waals surface area contributed by atoms with Crippen molar-refractivity contribution in [2.45, 2.75) is 25.6 Å². The largest absolute Gasteiger partial charge is 0.311 e. The molecule has 1 aromatic rings. The lowest BCUT2D eigenvalue weighted by molar-refractivity contribution is 0.646. The zero-order valence-corrected chi connectivity index (χ0v) is 10.3. The van der Waals surface area contributed by atoms with E-state index in [0.29, 0.717) is 0 Å². The number of pyridine rings is 1. The van der Waals surface area contributed by atoms with Crippen molar-refractivity contribution >= 4 is 10.8 Å². The van der Waals surface area contributed by atoms with Gasteiger partial charge in [-0.1, -0.05) is 6.07 Å². The minimum absolute atomic E-state index is 0.198. The Morgan fingerprint density at radius 2 is 2.27 bits per heavy atom. The van der Waals surface area contributed by atoms with E-state index < -0.39 is 10.8 Å². The fourth-order valence-electron chi connectivity index (χ4n) is 1.14. The van der Waals surface area contributed by atoms with Crippen molar-refractivity contribution < 1.29 is 4.21 Å². The van der Waals surface area contributed by atoms with E-state index in [1.807, 2.05) is 26.1 Å². The highest BCUT2D eigenvalue weighted by atomic mass is 32.2. The molecule has 0 amide bonds. The minimum Gasteiger partial charge on any atom is -0.311 e. The van der Waals surface area contributed by atoms with Crippen LogP contribution in [0.4, 0.5) is 0 Å². The normalized spacial score (nSPS) is 14.9. The smallest absolute Gasteiger partial charge is 0.0441 e. The summed E-state index contributed by atoms with van der Waals surface area (Å²) in [4.78, 5) is 4.21. The SMILES string of the molecule is Cc1ccc(CNCC(C)S(C)=O)cn1. The van der Waals surface area contributed by atoms with Crippen LogP contribution in [-0.2, 0) is 17.3 Å². The highest BCUT2D eigenvalue weighted by molar-refractivity contribution is 7.84. The highest BCUT2D eigenvalue weighted by Crippen LogP contribution is 1.99. The van der Waals surface area contributed by atoms with Crippen molar-refractivity contribution in [2.75, 3.05) is 12.8 Å². The number of nitrogens with zero attached hydrogens (tertiary/aromatic N) is 1. The minimum atomic E-state index is -0.750. The van der Waals surface area contributed by atoms with Gasteiger partial charge in [0.2, 0.25) is 0 Å². The van der Waals surface area contributed by atoms with Gasteiger partial charge in [-0.25, -0.2) is 0 Å². The molecule has 1 N–H and O–H groups in total. The van der Waals surface area contributed by atoms with Crippen LogP contribution in [0.3, 0.4) is 0 Å². The maximum atomic E-state index is 11.1. The van der Waals surface area contributed by atoms with Crippen molar-refractivity contribution in [2.24, 2.45) is 0 Å². The number of nitrogens with one attached hydrogen (secondary N) is 1. The lowest BCUT2D eigenvalue weighted by Gasteiger charge is -2.09. The van der Waals surface area contributed by atoms with Gasteiger partial charge in [0.25, 0.3) is 0 Å². The summed E-state index contributed by atoms with van der Waals surface area (Å²) in [6, 6.07) is 4.06. The van der Waals surface area contributed by atoms with Crippen LogP contribution in [0.25, 0.3) is 0 Å². The van der Waals surface area contributed by atoms with Gasteiger partial charge in [-0.15, -0.1) is 0 Å². The van der Waals surface area contributed by atoms with Gasteiger partial charge in [-0.3, -0.25) is 9.19 Å². The average Bonchev–Trinajstić information content (AvgIpc) is 2.20. The van der Waals surface area contributed by atoms with Crippen LogP contribution in [0.5, 0.6) is 0 Å². The Hall–Kier alpha value is -0.740. The summed E-state index contributed by atoms with van der Waals surface area (Å²) in [5.41, 5.74) is 2.19. The van der Waals surface area contributed by atoms with Gasteiger partial charge in [-0.05, 0) is 25.5 Å². The third kappa shape index (κ3) is 4.53. The van der Waals surface area contributed by atoms with Crippen molar-refractivity contribution in [3.8, 4) is 0 Å². The van der Waals surface area contributed by atoms with Crippen LogP contribution in [-0.4, -0.2) is 27.2 Å². The van der Waals surface area contributed by atoms with Crippen LogP contribution < -0.4 is 5.32 Å². The van der Waals surface area contributed by atoms with E-state index in [1.165, 1.54) is 0 Å². The number of rotatable bonds is 5. The zero-order chi connectivity index (χ0) is 11.3. The third-order valence-corrected chi connectivity index (χ3v) is 3.60. The summed E-state index contributed by atoms with van der Waals surface area (Å²) < 4.78 is 11.1. The molecular weight excluding hydrogens is 208 g/mol. The molecule has 15 heavy (non-hydrogen) atoms. The lowest BCUT2D eigenvalue weighted by atomic mass is 10.2. The molecule has 2 unspecified atom stereocenters. The first kappa shape index (κ1) is 12.3. The number of hydrogen-bond donors (Lipinski definition) is 1. The molecule has 0 bridgehead atoms. The molecule has 0 radical (unpaired) electrons. The Labute approximate surface area is 93.8 Å². The average molecular weight is 226 g/mol. The molecule has 0 aliphatic carbocycles. The first-order chi connectivity index (χ1) is 7.09. The van der Waals surface area contributed by atoms with Gasteiger partial charge in [0.1, 0.15) is 0 Å². The van der Waals surface area contributed by atoms with Crippen LogP contribution in [0.15, 0.2) is 18.3 Å². The van der Waals surface area contributed by atoms with Crippen molar-refractivity contribution in [1.29, 1.82) is 0 Å². The number of aromatic nitrogens is 1. The van der Waals surface area contributed by atoms with Crippen LogP contribution in [0.1, 0.15) is 18.2 Å². The monoisotopic (exact) mass is 226 g/mol. The molecule has 3 nitrogen and oxygen atoms in total. The maximum Gasteiger partial charge on any atom is 0.0441 e. The van der Waals surface area contributed by atoms with Gasteiger partial charge in [-0.2, -0.15) is 0 Å². The molecule has 0 aromatic carbocycles.